The molecule has 4 rings (SSSR count). The van der Waals surface area contributed by atoms with Gasteiger partial charge in [-0.1, -0.05) is 30.3 Å². The summed E-state index contributed by atoms with van der Waals surface area (Å²) in [5.74, 6) is 0.362. The molecule has 1 atom stereocenters. The van der Waals surface area contributed by atoms with E-state index in [1.807, 2.05) is 27.8 Å². The van der Waals surface area contributed by atoms with Crippen molar-refractivity contribution in [2.24, 2.45) is 0 Å². The largest absolute Gasteiger partial charge is 0.504 e. The highest BCUT2D eigenvalue weighted by molar-refractivity contribution is 5.46. The Bertz CT molecular complexity index is 1030. The number of aromatic hydroxyl groups is 1. The number of hydrogen-bond donors (Lipinski definition) is 1. The number of methoxy groups -OCH3 is 1. The fraction of sp³-hybridized carbons (Fsp3) is 0.304. The Morgan fingerprint density at radius 3 is 2.60 bits per heavy atom. The molecule has 0 amide bonds. The van der Waals surface area contributed by atoms with E-state index in [-0.39, 0.29) is 11.3 Å². The summed E-state index contributed by atoms with van der Waals surface area (Å²) >= 11 is 0. The van der Waals surface area contributed by atoms with Crippen molar-refractivity contribution >= 4 is 0 Å². The highest BCUT2D eigenvalue weighted by atomic mass is 19.4. The number of phenols is 1. The lowest BCUT2D eigenvalue weighted by atomic mass is 9.95. The molecule has 0 aliphatic carbocycles. The normalized spacial score (nSPS) is 17.4. The van der Waals surface area contributed by atoms with E-state index >= 15 is 0 Å². The van der Waals surface area contributed by atoms with E-state index in [1.54, 1.807) is 30.3 Å². The van der Waals surface area contributed by atoms with Crippen molar-refractivity contribution in [2.75, 3.05) is 13.7 Å². The number of ether oxygens (including phenoxy) is 1. The van der Waals surface area contributed by atoms with Crippen molar-refractivity contribution < 1.29 is 23.0 Å². The number of aromatic nitrogens is 1. The van der Waals surface area contributed by atoms with E-state index in [0.29, 0.717) is 24.4 Å². The van der Waals surface area contributed by atoms with Gasteiger partial charge in [-0.3, -0.25) is 4.90 Å². The van der Waals surface area contributed by atoms with E-state index in [4.69, 9.17) is 4.74 Å². The van der Waals surface area contributed by atoms with Crippen LogP contribution in [-0.4, -0.2) is 28.2 Å². The summed E-state index contributed by atoms with van der Waals surface area (Å²) in [7, 11) is 1.47. The van der Waals surface area contributed by atoms with Gasteiger partial charge in [-0.05, 0) is 36.2 Å². The smallest absolute Gasteiger partial charge is 0.416 e. The maximum atomic E-state index is 13.8. The molecule has 2 aromatic carbocycles. The Balaban J connectivity index is 1.83. The van der Waals surface area contributed by atoms with Crippen molar-refractivity contribution in [1.82, 2.24) is 9.47 Å². The lowest BCUT2D eigenvalue weighted by Gasteiger charge is -2.32. The highest BCUT2D eigenvalue weighted by Gasteiger charge is 2.38. The molecule has 1 aromatic heterocycles. The summed E-state index contributed by atoms with van der Waals surface area (Å²) in [5, 5.41) is 10.5. The summed E-state index contributed by atoms with van der Waals surface area (Å²) in [5.41, 5.74) is 1.01. The lowest BCUT2D eigenvalue weighted by Crippen LogP contribution is -2.31. The molecule has 1 unspecified atom stereocenters. The minimum absolute atomic E-state index is 0.0162. The number of fused-ring (bicyclic) bond motifs is 1. The number of aryl methyl sites for hydroxylation is 1. The molecule has 1 aliphatic rings. The first-order valence-corrected chi connectivity index (χ1v) is 9.80. The van der Waals surface area contributed by atoms with Crippen molar-refractivity contribution in [3.05, 3.63) is 83.2 Å². The monoisotopic (exact) mass is 416 g/mol. The summed E-state index contributed by atoms with van der Waals surface area (Å²) in [6.07, 6.45) is -1.76. The molecule has 4 nitrogen and oxygen atoms in total. The molecule has 0 saturated carbocycles. The molecular formula is C23H23F3N2O2. The molecule has 7 heteroatoms. The predicted molar refractivity (Wildman–Crippen MR) is 107 cm³/mol. The molecule has 30 heavy (non-hydrogen) atoms. The van der Waals surface area contributed by atoms with Crippen LogP contribution in [0.3, 0.4) is 0 Å². The molecule has 0 fully saturated rings. The number of phenolic OH excluding ortho intramolecular Hbond substituents is 1. The topological polar surface area (TPSA) is 37.6 Å². The van der Waals surface area contributed by atoms with Crippen LogP contribution in [-0.2, 0) is 19.3 Å². The van der Waals surface area contributed by atoms with Crippen molar-refractivity contribution in [2.45, 2.75) is 31.7 Å². The molecular weight excluding hydrogens is 393 g/mol. The fourth-order valence-electron chi connectivity index (χ4n) is 4.24. The Hall–Kier alpha value is -2.93. The van der Waals surface area contributed by atoms with Crippen molar-refractivity contribution in [3.8, 4) is 11.5 Å². The third kappa shape index (κ3) is 3.77. The van der Waals surface area contributed by atoms with Crippen LogP contribution in [0.2, 0.25) is 0 Å². The van der Waals surface area contributed by atoms with Gasteiger partial charge in [0.1, 0.15) is 0 Å². The zero-order chi connectivity index (χ0) is 21.3. The Morgan fingerprint density at radius 1 is 1.03 bits per heavy atom. The van der Waals surface area contributed by atoms with Crippen LogP contribution in [0.15, 0.2) is 60.8 Å². The molecule has 1 aliphatic heterocycles. The van der Waals surface area contributed by atoms with Crippen LogP contribution in [0, 0.1) is 0 Å². The molecule has 1 N–H and O–H groups in total. The first kappa shape index (κ1) is 20.3. The summed E-state index contributed by atoms with van der Waals surface area (Å²) in [6, 6.07) is 14.1. The number of hydrogen-bond acceptors (Lipinski definition) is 3. The van der Waals surface area contributed by atoms with E-state index < -0.39 is 17.8 Å². The zero-order valence-corrected chi connectivity index (χ0v) is 16.6. The minimum atomic E-state index is -4.45. The van der Waals surface area contributed by atoms with E-state index in [2.05, 4.69) is 0 Å². The molecule has 0 saturated heterocycles. The maximum Gasteiger partial charge on any atom is 0.416 e. The second-order valence-corrected chi connectivity index (χ2v) is 7.41. The van der Waals surface area contributed by atoms with Crippen LogP contribution in [0.5, 0.6) is 11.5 Å². The van der Waals surface area contributed by atoms with Gasteiger partial charge in [0.25, 0.3) is 0 Å². The Labute approximate surface area is 173 Å². The van der Waals surface area contributed by atoms with Crippen molar-refractivity contribution in [3.63, 3.8) is 0 Å². The second-order valence-electron chi connectivity index (χ2n) is 7.41. The second kappa shape index (κ2) is 8.07. The molecule has 3 aromatic rings. The van der Waals surface area contributed by atoms with E-state index in [9.17, 15) is 18.3 Å². The van der Waals surface area contributed by atoms with Crippen LogP contribution in [0.1, 0.15) is 34.8 Å². The number of halogens is 3. The molecule has 0 bridgehead atoms. The van der Waals surface area contributed by atoms with Gasteiger partial charge >= 0.3 is 6.18 Å². The molecule has 0 spiro atoms. The van der Waals surface area contributed by atoms with E-state index in [1.165, 1.54) is 13.2 Å². The number of para-hydroxylation sites is 1. The van der Waals surface area contributed by atoms with Crippen LogP contribution in [0.4, 0.5) is 13.2 Å². The first-order valence-electron chi connectivity index (χ1n) is 9.80. The van der Waals surface area contributed by atoms with Gasteiger partial charge < -0.3 is 14.4 Å². The van der Waals surface area contributed by atoms with Crippen LogP contribution in [0.25, 0.3) is 0 Å². The summed E-state index contributed by atoms with van der Waals surface area (Å²) < 4.78 is 48.7. The van der Waals surface area contributed by atoms with E-state index in [0.717, 1.165) is 24.7 Å². The third-order valence-corrected chi connectivity index (χ3v) is 5.59. The quantitative estimate of drug-likeness (QED) is 0.634. The van der Waals surface area contributed by atoms with Gasteiger partial charge in [0.05, 0.1) is 18.7 Å². The average molecular weight is 416 g/mol. The lowest BCUT2D eigenvalue weighted by molar-refractivity contribution is -0.138. The van der Waals surface area contributed by atoms with Gasteiger partial charge in [-0.15, -0.1) is 0 Å². The van der Waals surface area contributed by atoms with Gasteiger partial charge in [-0.25, -0.2) is 0 Å². The van der Waals surface area contributed by atoms with Crippen LogP contribution < -0.4 is 4.74 Å². The first-order chi connectivity index (χ1) is 14.4. The Kier molecular flexibility index (Phi) is 5.47. The van der Waals surface area contributed by atoms with Gasteiger partial charge in [0.15, 0.2) is 11.5 Å². The number of rotatable bonds is 4. The average Bonchev–Trinajstić information content (AvgIpc) is 3.10. The Morgan fingerprint density at radius 2 is 1.83 bits per heavy atom. The number of benzene rings is 2. The van der Waals surface area contributed by atoms with Gasteiger partial charge in [0, 0.05) is 37.1 Å². The van der Waals surface area contributed by atoms with Crippen LogP contribution >= 0.6 is 0 Å². The molecule has 2 heterocycles. The summed E-state index contributed by atoms with van der Waals surface area (Å²) in [6.45, 7) is 1.62. The van der Waals surface area contributed by atoms with Gasteiger partial charge in [-0.2, -0.15) is 13.2 Å². The number of alkyl halides is 3. The molecule has 0 radical (unpaired) electrons. The van der Waals surface area contributed by atoms with Gasteiger partial charge in [0.2, 0.25) is 0 Å². The highest BCUT2D eigenvalue weighted by Crippen LogP contribution is 2.41. The fourth-order valence-corrected chi connectivity index (χ4v) is 4.24. The summed E-state index contributed by atoms with van der Waals surface area (Å²) in [4.78, 5) is 2.00. The third-order valence-electron chi connectivity index (χ3n) is 5.59. The SMILES string of the molecule is COc1cccc(CN2CCCn3cccc3C2c2ccccc2C(F)(F)F)c1O. The standard InChI is InChI=1S/C23H23F3N2O2/c1-30-20-11-4-7-16(22(20)29)15-28-14-6-13-27-12-5-10-19(27)21(28)17-8-2-3-9-18(17)23(24,25)26/h2-5,7-12,21,29H,6,13-15H2,1H3. The predicted octanol–water partition coefficient (Wildman–Crippen LogP) is 5.22. The number of nitrogens with zero attached hydrogens (tertiary/aromatic N) is 2. The zero-order valence-electron chi connectivity index (χ0n) is 16.6. The van der Waals surface area contributed by atoms with Crippen molar-refractivity contribution in [1.29, 1.82) is 0 Å². The maximum absolute atomic E-state index is 13.8. The molecule has 158 valence electrons. The minimum Gasteiger partial charge on any atom is -0.504 e.